The van der Waals surface area contributed by atoms with Gasteiger partial charge in [0.05, 0.1) is 17.6 Å². The van der Waals surface area contributed by atoms with Gasteiger partial charge in [0.2, 0.25) is 5.91 Å². The lowest BCUT2D eigenvalue weighted by Crippen LogP contribution is -2.20. The number of aromatic nitrogens is 2. The minimum absolute atomic E-state index is 0.0619. The van der Waals surface area contributed by atoms with Gasteiger partial charge in [-0.3, -0.25) is 4.79 Å². The number of hydrogen-bond acceptors (Lipinski definition) is 3. The van der Waals surface area contributed by atoms with Gasteiger partial charge in [-0.05, 0) is 49.2 Å². The minimum Gasteiger partial charge on any atom is -0.494 e. The van der Waals surface area contributed by atoms with Crippen LogP contribution >= 0.6 is 0 Å². The lowest BCUT2D eigenvalue weighted by molar-refractivity contribution is -0.116. The number of para-hydroxylation sites is 2. The molecule has 0 unspecified atom stereocenters. The molecule has 0 saturated carbocycles. The Balaban J connectivity index is 1.75. The molecule has 0 aliphatic heterocycles. The lowest BCUT2D eigenvalue weighted by atomic mass is 10.2. The fourth-order valence-electron chi connectivity index (χ4n) is 2.99. The molecule has 3 rings (SSSR count). The number of rotatable bonds is 7. The van der Waals surface area contributed by atoms with Gasteiger partial charge < -0.3 is 14.6 Å². The number of nitrogens with zero attached hydrogens (tertiary/aromatic N) is 2. The highest BCUT2D eigenvalue weighted by Crippen LogP contribution is 2.22. The summed E-state index contributed by atoms with van der Waals surface area (Å²) in [6, 6.07) is 13.6. The Bertz CT molecular complexity index is 915. The summed E-state index contributed by atoms with van der Waals surface area (Å²) >= 11 is 0. The molecule has 0 aliphatic rings. The Morgan fingerprint density at radius 3 is 2.73 bits per heavy atom. The molecular weight excluding hydrogens is 326 g/mol. The van der Waals surface area contributed by atoms with Gasteiger partial charge in [0.15, 0.2) is 0 Å². The van der Waals surface area contributed by atoms with E-state index in [1.807, 2.05) is 54.0 Å². The third kappa shape index (κ3) is 3.87. The number of carbonyl (C=O) groups excluding carboxylic acids is 1. The van der Waals surface area contributed by atoms with Crippen LogP contribution in [0.2, 0.25) is 0 Å². The first-order valence-electron chi connectivity index (χ1n) is 9.09. The SMILES string of the molecule is CCCOc1ccc(NC(=O)Cn2c(CC)nc3ccccc32)c(C)c1. The van der Waals surface area contributed by atoms with E-state index in [-0.39, 0.29) is 12.5 Å². The Hall–Kier alpha value is -2.82. The maximum Gasteiger partial charge on any atom is 0.244 e. The van der Waals surface area contributed by atoms with E-state index in [2.05, 4.69) is 24.1 Å². The highest BCUT2D eigenvalue weighted by Gasteiger charge is 2.13. The topological polar surface area (TPSA) is 56.1 Å². The number of imidazole rings is 1. The predicted molar refractivity (Wildman–Crippen MR) is 105 cm³/mol. The van der Waals surface area contributed by atoms with Crippen molar-refractivity contribution in [2.24, 2.45) is 0 Å². The number of carbonyl (C=O) groups is 1. The predicted octanol–water partition coefficient (Wildman–Crippen LogP) is 4.33. The largest absolute Gasteiger partial charge is 0.494 e. The Morgan fingerprint density at radius 1 is 1.19 bits per heavy atom. The van der Waals surface area contributed by atoms with Gasteiger partial charge >= 0.3 is 0 Å². The molecule has 0 radical (unpaired) electrons. The van der Waals surface area contributed by atoms with E-state index in [1.165, 1.54) is 0 Å². The Labute approximate surface area is 154 Å². The average molecular weight is 351 g/mol. The van der Waals surface area contributed by atoms with Crippen LogP contribution in [-0.2, 0) is 17.8 Å². The molecule has 26 heavy (non-hydrogen) atoms. The van der Waals surface area contributed by atoms with Crippen LogP contribution in [0.5, 0.6) is 5.75 Å². The van der Waals surface area contributed by atoms with Crippen LogP contribution < -0.4 is 10.1 Å². The van der Waals surface area contributed by atoms with E-state index in [4.69, 9.17) is 4.74 Å². The first-order valence-corrected chi connectivity index (χ1v) is 9.09. The standard InChI is InChI=1S/C21H25N3O2/c1-4-12-26-16-10-11-17(15(3)13-16)23-21(25)14-24-19-9-7-6-8-18(19)22-20(24)5-2/h6-11,13H,4-5,12,14H2,1-3H3,(H,23,25). The zero-order valence-corrected chi connectivity index (χ0v) is 15.6. The second-order valence-electron chi connectivity index (χ2n) is 6.33. The van der Waals surface area contributed by atoms with Gasteiger partial charge in [0, 0.05) is 12.1 Å². The molecule has 0 aliphatic carbocycles. The van der Waals surface area contributed by atoms with Crippen LogP contribution in [0, 0.1) is 6.92 Å². The zero-order valence-electron chi connectivity index (χ0n) is 15.6. The van der Waals surface area contributed by atoms with Gasteiger partial charge in [-0.15, -0.1) is 0 Å². The Kier molecular flexibility index (Phi) is 5.56. The van der Waals surface area contributed by atoms with Gasteiger partial charge in [-0.1, -0.05) is 26.0 Å². The van der Waals surface area contributed by atoms with Crippen LogP contribution in [0.4, 0.5) is 5.69 Å². The van der Waals surface area contributed by atoms with Crippen LogP contribution in [0.15, 0.2) is 42.5 Å². The van der Waals surface area contributed by atoms with Gasteiger partial charge in [-0.2, -0.15) is 0 Å². The molecular formula is C21H25N3O2. The number of aryl methyl sites for hydroxylation is 2. The Morgan fingerprint density at radius 2 is 2.00 bits per heavy atom. The molecule has 0 saturated heterocycles. The van der Waals surface area contributed by atoms with Crippen LogP contribution in [0.1, 0.15) is 31.7 Å². The van der Waals surface area contributed by atoms with Crippen molar-refractivity contribution >= 4 is 22.6 Å². The van der Waals surface area contributed by atoms with Crippen molar-refractivity contribution in [3.05, 3.63) is 53.9 Å². The van der Waals surface area contributed by atoms with Gasteiger partial charge in [0.1, 0.15) is 18.1 Å². The van der Waals surface area contributed by atoms with E-state index in [9.17, 15) is 4.79 Å². The zero-order chi connectivity index (χ0) is 18.5. The molecule has 5 nitrogen and oxygen atoms in total. The van der Waals surface area contributed by atoms with Crippen molar-refractivity contribution < 1.29 is 9.53 Å². The number of anilines is 1. The fraction of sp³-hybridized carbons (Fsp3) is 0.333. The first kappa shape index (κ1) is 18.0. The molecule has 0 bridgehead atoms. The second kappa shape index (κ2) is 8.04. The molecule has 0 atom stereocenters. The molecule has 1 aromatic heterocycles. The number of amides is 1. The van der Waals surface area contributed by atoms with Crippen LogP contribution in [0.3, 0.4) is 0 Å². The highest BCUT2D eigenvalue weighted by atomic mass is 16.5. The number of hydrogen-bond donors (Lipinski definition) is 1. The molecule has 3 aromatic rings. The molecule has 0 spiro atoms. The molecule has 2 aromatic carbocycles. The third-order valence-electron chi connectivity index (χ3n) is 4.30. The molecule has 136 valence electrons. The molecule has 5 heteroatoms. The summed E-state index contributed by atoms with van der Waals surface area (Å²) in [5, 5.41) is 3.00. The van der Waals surface area contributed by atoms with E-state index < -0.39 is 0 Å². The monoisotopic (exact) mass is 351 g/mol. The molecule has 0 fully saturated rings. The van der Waals surface area contributed by atoms with Crippen molar-refractivity contribution in [3.63, 3.8) is 0 Å². The van der Waals surface area contributed by atoms with Crippen molar-refractivity contribution in [1.82, 2.24) is 9.55 Å². The number of nitrogens with one attached hydrogen (secondary N) is 1. The fourth-order valence-corrected chi connectivity index (χ4v) is 2.99. The molecule has 1 N–H and O–H groups in total. The normalized spacial score (nSPS) is 10.9. The summed E-state index contributed by atoms with van der Waals surface area (Å²) in [6.07, 6.45) is 1.75. The summed E-state index contributed by atoms with van der Waals surface area (Å²) in [7, 11) is 0. The van der Waals surface area contributed by atoms with Crippen LogP contribution in [0.25, 0.3) is 11.0 Å². The van der Waals surface area contributed by atoms with Crippen molar-refractivity contribution in [3.8, 4) is 5.75 Å². The minimum atomic E-state index is -0.0619. The average Bonchev–Trinajstić information content (AvgIpc) is 2.99. The van der Waals surface area contributed by atoms with Crippen molar-refractivity contribution in [1.29, 1.82) is 0 Å². The quantitative estimate of drug-likeness (QED) is 0.689. The summed E-state index contributed by atoms with van der Waals surface area (Å²) in [6.45, 7) is 7.04. The summed E-state index contributed by atoms with van der Waals surface area (Å²) in [5.41, 5.74) is 3.70. The highest BCUT2D eigenvalue weighted by molar-refractivity contribution is 5.92. The van der Waals surface area contributed by atoms with E-state index in [1.54, 1.807) is 0 Å². The third-order valence-corrected chi connectivity index (χ3v) is 4.30. The smallest absolute Gasteiger partial charge is 0.244 e. The second-order valence-corrected chi connectivity index (χ2v) is 6.33. The molecule has 1 amide bonds. The number of benzene rings is 2. The summed E-state index contributed by atoms with van der Waals surface area (Å²) in [5.74, 6) is 1.69. The van der Waals surface area contributed by atoms with E-state index in [0.29, 0.717) is 6.61 Å². The lowest BCUT2D eigenvalue weighted by Gasteiger charge is -2.12. The number of ether oxygens (including phenoxy) is 1. The summed E-state index contributed by atoms with van der Waals surface area (Å²) < 4.78 is 7.62. The van der Waals surface area contributed by atoms with Gasteiger partial charge in [0.25, 0.3) is 0 Å². The maximum atomic E-state index is 12.6. The first-order chi connectivity index (χ1) is 12.6. The van der Waals surface area contributed by atoms with Crippen LogP contribution in [-0.4, -0.2) is 22.1 Å². The number of fused-ring (bicyclic) bond motifs is 1. The molecule has 1 heterocycles. The van der Waals surface area contributed by atoms with E-state index in [0.717, 1.165) is 46.7 Å². The van der Waals surface area contributed by atoms with Gasteiger partial charge in [-0.25, -0.2) is 4.98 Å². The maximum absolute atomic E-state index is 12.6. The van der Waals surface area contributed by atoms with E-state index >= 15 is 0 Å². The van der Waals surface area contributed by atoms with Crippen molar-refractivity contribution in [2.45, 2.75) is 40.2 Å². The van der Waals surface area contributed by atoms with Crippen molar-refractivity contribution in [2.75, 3.05) is 11.9 Å². The summed E-state index contributed by atoms with van der Waals surface area (Å²) in [4.78, 5) is 17.2.